The van der Waals surface area contributed by atoms with Gasteiger partial charge in [-0.3, -0.25) is 4.79 Å². The Morgan fingerprint density at radius 1 is 0.949 bits per heavy atom. The van der Waals surface area contributed by atoms with Crippen LogP contribution in [0, 0.1) is 0 Å². The number of ether oxygens (including phenoxy) is 2. The monoisotopic (exact) mass is 529 g/mol. The highest BCUT2D eigenvalue weighted by atomic mass is 16.6. The van der Waals surface area contributed by atoms with Crippen LogP contribution in [0.4, 0.5) is 4.79 Å². The van der Waals surface area contributed by atoms with E-state index in [0.29, 0.717) is 31.2 Å². The zero-order chi connectivity index (χ0) is 26.9. The number of carbonyl (C=O) groups is 2. The van der Waals surface area contributed by atoms with Gasteiger partial charge in [-0.2, -0.15) is 0 Å². The van der Waals surface area contributed by atoms with Gasteiger partial charge < -0.3 is 18.8 Å². The maximum atomic E-state index is 12.7. The lowest BCUT2D eigenvalue weighted by molar-refractivity contribution is -0.130. The summed E-state index contributed by atoms with van der Waals surface area (Å²) in [6, 6.07) is 17.9. The molecule has 0 bridgehead atoms. The van der Waals surface area contributed by atoms with Crippen molar-refractivity contribution in [3.05, 3.63) is 83.6 Å². The van der Waals surface area contributed by atoms with Gasteiger partial charge in [-0.05, 0) is 74.5 Å². The lowest BCUT2D eigenvalue weighted by atomic mass is 10.1. The van der Waals surface area contributed by atoms with E-state index >= 15 is 0 Å². The molecule has 1 atom stereocenters. The number of piperidine rings is 1. The first-order valence-electron chi connectivity index (χ1n) is 13.8. The highest BCUT2D eigenvalue weighted by Crippen LogP contribution is 2.21. The molecular formula is C31H35N3O5. The lowest BCUT2D eigenvalue weighted by Gasteiger charge is -2.27. The molecule has 39 heavy (non-hydrogen) atoms. The van der Waals surface area contributed by atoms with Crippen molar-refractivity contribution in [2.75, 3.05) is 26.2 Å². The number of imide groups is 1. The second-order valence-electron chi connectivity index (χ2n) is 10.0. The second-order valence-corrected chi connectivity index (χ2v) is 10.0. The van der Waals surface area contributed by atoms with Crippen LogP contribution in [0.2, 0.25) is 0 Å². The Morgan fingerprint density at radius 2 is 1.74 bits per heavy atom. The number of cyclic esters (lactones) is 1. The second kappa shape index (κ2) is 13.2. The van der Waals surface area contributed by atoms with E-state index in [0.717, 1.165) is 49.4 Å². The highest BCUT2D eigenvalue weighted by molar-refractivity contribution is 6.00. The quantitative estimate of drug-likeness (QED) is 0.303. The smallest absolute Gasteiger partial charge is 0.417 e. The molecule has 2 aliphatic rings. The number of carbonyl (C=O) groups excluding carboxylic acids is 2. The molecule has 2 saturated heterocycles. The van der Waals surface area contributed by atoms with E-state index in [9.17, 15) is 9.59 Å². The predicted octanol–water partition coefficient (Wildman–Crippen LogP) is 5.58. The number of aryl methyl sites for hydroxylation is 1. The van der Waals surface area contributed by atoms with Crippen molar-refractivity contribution in [1.29, 1.82) is 0 Å². The van der Waals surface area contributed by atoms with Gasteiger partial charge in [-0.25, -0.2) is 14.7 Å². The van der Waals surface area contributed by atoms with Crippen LogP contribution in [0.25, 0.3) is 12.2 Å². The van der Waals surface area contributed by atoms with Crippen LogP contribution in [0.1, 0.15) is 54.8 Å². The number of amides is 2. The molecule has 8 nitrogen and oxygen atoms in total. The normalized spacial score (nSPS) is 18.2. The third-order valence-electron chi connectivity index (χ3n) is 7.12. The first kappa shape index (κ1) is 26.7. The van der Waals surface area contributed by atoms with Crippen molar-refractivity contribution >= 4 is 24.2 Å². The Hall–Kier alpha value is -3.91. The molecule has 2 aromatic carbocycles. The summed E-state index contributed by atoms with van der Waals surface area (Å²) in [6.45, 7) is 3.53. The zero-order valence-electron chi connectivity index (χ0n) is 22.2. The molecule has 0 N–H and O–H groups in total. The van der Waals surface area contributed by atoms with E-state index in [2.05, 4.69) is 9.88 Å². The number of rotatable bonds is 12. The van der Waals surface area contributed by atoms with E-state index in [1.54, 1.807) is 6.26 Å². The minimum atomic E-state index is -0.670. The van der Waals surface area contributed by atoms with Gasteiger partial charge in [0.1, 0.15) is 24.3 Å². The van der Waals surface area contributed by atoms with Gasteiger partial charge in [0.25, 0.3) is 5.91 Å². The van der Waals surface area contributed by atoms with E-state index in [4.69, 9.17) is 13.9 Å². The van der Waals surface area contributed by atoms with Crippen molar-refractivity contribution in [3.63, 3.8) is 0 Å². The van der Waals surface area contributed by atoms with Gasteiger partial charge in [0.05, 0.1) is 0 Å². The third kappa shape index (κ3) is 7.57. The first-order chi connectivity index (χ1) is 19.1. The molecule has 1 aromatic heterocycles. The van der Waals surface area contributed by atoms with Gasteiger partial charge in [0.15, 0.2) is 6.10 Å². The van der Waals surface area contributed by atoms with E-state index < -0.39 is 12.2 Å². The molecular weight excluding hydrogens is 494 g/mol. The summed E-state index contributed by atoms with van der Waals surface area (Å²) in [5, 5.41) is 0. The van der Waals surface area contributed by atoms with Crippen molar-refractivity contribution in [2.45, 2.75) is 51.2 Å². The molecule has 8 heteroatoms. The fourth-order valence-corrected chi connectivity index (χ4v) is 4.91. The van der Waals surface area contributed by atoms with E-state index in [-0.39, 0.29) is 5.91 Å². The SMILES string of the molecule is O=C1OC(CCCc2ccc(OCc3coc(/C=C/c4ccccc4)n3)cc2)C(=O)N1CCN1CCCCC1. The summed E-state index contributed by atoms with van der Waals surface area (Å²) in [5.74, 6) is 1.07. The Bertz CT molecular complexity index is 1250. The van der Waals surface area contributed by atoms with Crippen LogP contribution in [0.15, 0.2) is 65.3 Å². The van der Waals surface area contributed by atoms with Crippen molar-refractivity contribution in [3.8, 4) is 5.75 Å². The van der Waals surface area contributed by atoms with Crippen LogP contribution in [0.3, 0.4) is 0 Å². The molecule has 1 unspecified atom stereocenters. The van der Waals surface area contributed by atoms with E-state index in [1.165, 1.54) is 24.2 Å². The van der Waals surface area contributed by atoms with Gasteiger partial charge in [-0.1, -0.05) is 48.9 Å². The van der Waals surface area contributed by atoms with Crippen molar-refractivity contribution in [1.82, 2.24) is 14.8 Å². The summed E-state index contributed by atoms with van der Waals surface area (Å²) < 4.78 is 16.7. The maximum Gasteiger partial charge on any atom is 0.417 e. The van der Waals surface area contributed by atoms with Crippen molar-refractivity contribution < 1.29 is 23.5 Å². The molecule has 2 fully saturated rings. The molecule has 0 aliphatic carbocycles. The number of nitrogens with zero attached hydrogens (tertiary/aromatic N) is 3. The topological polar surface area (TPSA) is 85.1 Å². The molecule has 5 rings (SSSR count). The summed E-state index contributed by atoms with van der Waals surface area (Å²) in [6.07, 6.45) is 9.91. The van der Waals surface area contributed by atoms with Crippen LogP contribution >= 0.6 is 0 Å². The Labute approximate surface area is 229 Å². The van der Waals surface area contributed by atoms with Crippen molar-refractivity contribution in [2.24, 2.45) is 0 Å². The fraction of sp³-hybridized carbons (Fsp3) is 0.387. The predicted molar refractivity (Wildman–Crippen MR) is 148 cm³/mol. The maximum absolute atomic E-state index is 12.7. The Kier molecular flexibility index (Phi) is 9.06. The molecule has 3 aromatic rings. The summed E-state index contributed by atoms with van der Waals surface area (Å²) in [7, 11) is 0. The van der Waals surface area contributed by atoms with Crippen LogP contribution in [0.5, 0.6) is 5.75 Å². The minimum absolute atomic E-state index is 0.202. The van der Waals surface area contributed by atoms with Gasteiger partial charge in [0.2, 0.25) is 5.89 Å². The zero-order valence-corrected chi connectivity index (χ0v) is 22.2. The number of hydrogen-bond acceptors (Lipinski definition) is 7. The highest BCUT2D eigenvalue weighted by Gasteiger charge is 2.39. The average Bonchev–Trinajstić information content (AvgIpc) is 3.54. The fourth-order valence-electron chi connectivity index (χ4n) is 4.91. The Balaban J connectivity index is 1.02. The standard InChI is InChI=1S/C31H35N3O5/c35-30-28(39-31(36)34(30)21-20-33-18-5-2-6-19-33)11-7-10-25-12-15-27(16-13-25)37-22-26-23-38-29(32-26)17-14-24-8-3-1-4-9-24/h1,3-4,8-9,12-17,23,28H,2,5-7,10-11,18-22H2/b17-14+. The Morgan fingerprint density at radius 3 is 2.54 bits per heavy atom. The average molecular weight is 530 g/mol. The summed E-state index contributed by atoms with van der Waals surface area (Å²) in [4.78, 5) is 33.0. The molecule has 3 heterocycles. The summed E-state index contributed by atoms with van der Waals surface area (Å²) >= 11 is 0. The van der Waals surface area contributed by atoms with Crippen LogP contribution < -0.4 is 4.74 Å². The lowest BCUT2D eigenvalue weighted by Crippen LogP contribution is -2.40. The number of aromatic nitrogens is 1. The van der Waals surface area contributed by atoms with Crippen LogP contribution in [-0.4, -0.2) is 59.1 Å². The van der Waals surface area contributed by atoms with Crippen LogP contribution in [-0.2, 0) is 22.6 Å². The van der Waals surface area contributed by atoms with Gasteiger partial charge in [-0.15, -0.1) is 0 Å². The number of benzene rings is 2. The number of hydrogen-bond donors (Lipinski definition) is 0. The summed E-state index contributed by atoms with van der Waals surface area (Å²) in [5.41, 5.74) is 2.93. The first-order valence-corrected chi connectivity index (χ1v) is 13.8. The number of likely N-dealkylation sites (tertiary alicyclic amines) is 1. The molecule has 0 radical (unpaired) electrons. The van der Waals surface area contributed by atoms with E-state index in [1.807, 2.05) is 66.7 Å². The van der Waals surface area contributed by atoms with Gasteiger partial charge >= 0.3 is 6.09 Å². The third-order valence-corrected chi connectivity index (χ3v) is 7.12. The van der Waals surface area contributed by atoms with Gasteiger partial charge in [0, 0.05) is 19.2 Å². The minimum Gasteiger partial charge on any atom is -0.487 e. The number of oxazole rings is 1. The largest absolute Gasteiger partial charge is 0.487 e. The molecule has 2 amide bonds. The molecule has 2 aliphatic heterocycles. The molecule has 0 spiro atoms. The molecule has 0 saturated carbocycles. The molecule has 204 valence electrons.